The molecule has 22 heavy (non-hydrogen) atoms. The minimum absolute atomic E-state index is 0.224. The number of halogens is 2. The van der Waals surface area contributed by atoms with Gasteiger partial charge in [-0.2, -0.15) is 0 Å². The molecule has 0 spiro atoms. The van der Waals surface area contributed by atoms with Crippen molar-refractivity contribution in [2.24, 2.45) is 0 Å². The molecule has 0 saturated carbocycles. The quantitative estimate of drug-likeness (QED) is 0.676. The molecule has 7 heteroatoms. The third-order valence-corrected chi connectivity index (χ3v) is 4.81. The summed E-state index contributed by atoms with van der Waals surface area (Å²) >= 11 is 2.76. The van der Waals surface area contributed by atoms with Gasteiger partial charge in [-0.3, -0.25) is 0 Å². The molecule has 0 aliphatic carbocycles. The monoisotopic (exact) mass is 335 g/mol. The molecular weight excluding hydrogens is 324 g/mol. The molecule has 3 nitrogen and oxygen atoms in total. The summed E-state index contributed by atoms with van der Waals surface area (Å²) in [7, 11) is 0. The maximum Gasteiger partial charge on any atom is 0.210 e. The van der Waals surface area contributed by atoms with E-state index in [1.165, 1.54) is 41.3 Å². The number of benzene rings is 2. The summed E-state index contributed by atoms with van der Waals surface area (Å²) in [4.78, 5) is 0. The first kappa shape index (κ1) is 14.9. The third-order valence-electron chi connectivity index (χ3n) is 2.79. The number of nitrogens with one attached hydrogen (secondary N) is 1. The van der Waals surface area contributed by atoms with Gasteiger partial charge in [0.2, 0.25) is 5.13 Å². The van der Waals surface area contributed by atoms with E-state index in [0.717, 1.165) is 4.34 Å². The normalized spacial score (nSPS) is 10.6. The lowest BCUT2D eigenvalue weighted by Crippen LogP contribution is -1.89. The fourth-order valence-corrected chi connectivity index (χ4v) is 3.52. The van der Waals surface area contributed by atoms with Gasteiger partial charge in [0.05, 0.1) is 0 Å². The molecule has 1 N–H and O–H groups in total. The molecule has 0 fully saturated rings. The van der Waals surface area contributed by atoms with Crippen molar-refractivity contribution in [2.45, 2.75) is 10.1 Å². The number of anilines is 2. The topological polar surface area (TPSA) is 37.8 Å². The first-order chi connectivity index (χ1) is 10.7. The second kappa shape index (κ2) is 6.85. The van der Waals surface area contributed by atoms with Crippen molar-refractivity contribution in [2.75, 3.05) is 5.32 Å². The summed E-state index contributed by atoms with van der Waals surface area (Å²) in [5, 5.41) is 11.6. The van der Waals surface area contributed by atoms with Gasteiger partial charge in [0, 0.05) is 11.4 Å². The first-order valence-electron chi connectivity index (χ1n) is 6.43. The average Bonchev–Trinajstić information content (AvgIpc) is 2.94. The molecule has 1 aromatic heterocycles. The van der Waals surface area contributed by atoms with Crippen LogP contribution in [-0.2, 0) is 5.75 Å². The SMILES string of the molecule is Fc1cccc(Nc2nnc(SCc3ccccc3F)s2)c1. The van der Waals surface area contributed by atoms with Gasteiger partial charge in [-0.1, -0.05) is 47.4 Å². The van der Waals surface area contributed by atoms with Crippen molar-refractivity contribution in [1.29, 1.82) is 0 Å². The van der Waals surface area contributed by atoms with Gasteiger partial charge in [-0.05, 0) is 29.8 Å². The van der Waals surface area contributed by atoms with Crippen LogP contribution in [0.4, 0.5) is 19.6 Å². The summed E-state index contributed by atoms with van der Waals surface area (Å²) in [5.41, 5.74) is 1.24. The smallest absolute Gasteiger partial charge is 0.210 e. The summed E-state index contributed by atoms with van der Waals surface area (Å²) in [6, 6.07) is 12.8. The molecule has 3 aromatic rings. The minimum atomic E-state index is -0.316. The molecule has 0 saturated heterocycles. The van der Waals surface area contributed by atoms with Gasteiger partial charge in [-0.15, -0.1) is 10.2 Å². The van der Waals surface area contributed by atoms with Crippen LogP contribution in [0, 0.1) is 11.6 Å². The van der Waals surface area contributed by atoms with Gasteiger partial charge < -0.3 is 5.32 Å². The van der Waals surface area contributed by atoms with Crippen molar-refractivity contribution >= 4 is 33.9 Å². The highest BCUT2D eigenvalue weighted by molar-refractivity contribution is 8.00. The largest absolute Gasteiger partial charge is 0.330 e. The van der Waals surface area contributed by atoms with Crippen molar-refractivity contribution in [3.05, 3.63) is 65.7 Å². The fraction of sp³-hybridized carbons (Fsp3) is 0.0667. The Bertz CT molecular complexity index is 777. The van der Waals surface area contributed by atoms with E-state index in [1.807, 2.05) is 0 Å². The van der Waals surface area contributed by atoms with Crippen molar-refractivity contribution < 1.29 is 8.78 Å². The Labute approximate surface area is 134 Å². The highest BCUT2D eigenvalue weighted by Crippen LogP contribution is 2.30. The Balaban J connectivity index is 1.63. The number of thioether (sulfide) groups is 1. The molecule has 0 aliphatic rings. The van der Waals surface area contributed by atoms with Crippen LogP contribution < -0.4 is 5.32 Å². The van der Waals surface area contributed by atoms with Gasteiger partial charge in [0.15, 0.2) is 4.34 Å². The van der Waals surface area contributed by atoms with E-state index in [0.29, 0.717) is 22.1 Å². The summed E-state index contributed by atoms with van der Waals surface area (Å²) < 4.78 is 27.4. The fourth-order valence-electron chi connectivity index (χ4n) is 1.76. The van der Waals surface area contributed by atoms with E-state index in [-0.39, 0.29) is 11.6 Å². The molecule has 0 amide bonds. The van der Waals surface area contributed by atoms with Crippen LogP contribution in [-0.4, -0.2) is 10.2 Å². The maximum atomic E-state index is 13.5. The lowest BCUT2D eigenvalue weighted by Gasteiger charge is -2.01. The van der Waals surface area contributed by atoms with Crippen LogP contribution in [0.1, 0.15) is 5.56 Å². The highest BCUT2D eigenvalue weighted by Gasteiger charge is 2.07. The van der Waals surface area contributed by atoms with E-state index in [2.05, 4.69) is 15.5 Å². The van der Waals surface area contributed by atoms with Crippen LogP contribution in [0.3, 0.4) is 0 Å². The average molecular weight is 335 g/mol. The second-order valence-corrected chi connectivity index (χ2v) is 6.59. The zero-order valence-electron chi connectivity index (χ0n) is 11.3. The highest BCUT2D eigenvalue weighted by atomic mass is 32.2. The minimum Gasteiger partial charge on any atom is -0.330 e. The molecule has 112 valence electrons. The third kappa shape index (κ3) is 3.80. The van der Waals surface area contributed by atoms with Crippen LogP contribution in [0.15, 0.2) is 52.9 Å². The predicted octanol–water partition coefficient (Wildman–Crippen LogP) is 4.85. The molecule has 2 aromatic carbocycles. The van der Waals surface area contributed by atoms with Gasteiger partial charge in [0.1, 0.15) is 11.6 Å². The molecular formula is C15H11F2N3S2. The van der Waals surface area contributed by atoms with Crippen molar-refractivity contribution in [3.63, 3.8) is 0 Å². The number of hydrogen-bond donors (Lipinski definition) is 1. The predicted molar refractivity (Wildman–Crippen MR) is 85.6 cm³/mol. The van der Waals surface area contributed by atoms with E-state index in [4.69, 9.17) is 0 Å². The Morgan fingerprint density at radius 3 is 2.73 bits per heavy atom. The molecule has 0 radical (unpaired) electrons. The summed E-state index contributed by atoms with van der Waals surface area (Å²) in [6.45, 7) is 0. The van der Waals surface area contributed by atoms with Gasteiger partial charge in [0.25, 0.3) is 0 Å². The van der Waals surface area contributed by atoms with Crippen LogP contribution >= 0.6 is 23.1 Å². The number of nitrogens with zero attached hydrogens (tertiary/aromatic N) is 2. The molecule has 0 atom stereocenters. The Morgan fingerprint density at radius 2 is 1.91 bits per heavy atom. The van der Waals surface area contributed by atoms with E-state index < -0.39 is 0 Å². The second-order valence-electron chi connectivity index (χ2n) is 4.39. The van der Waals surface area contributed by atoms with Crippen LogP contribution in [0.25, 0.3) is 0 Å². The Morgan fingerprint density at radius 1 is 1.05 bits per heavy atom. The Kier molecular flexibility index (Phi) is 4.65. The molecule has 3 rings (SSSR count). The zero-order chi connectivity index (χ0) is 15.4. The molecule has 0 bridgehead atoms. The van der Waals surface area contributed by atoms with Crippen LogP contribution in [0.2, 0.25) is 0 Å². The van der Waals surface area contributed by atoms with E-state index in [9.17, 15) is 8.78 Å². The molecule has 0 aliphatic heterocycles. The number of aromatic nitrogens is 2. The summed E-state index contributed by atoms with van der Waals surface area (Å²) in [5.74, 6) is -0.0531. The Hall–Kier alpha value is -1.99. The number of hydrogen-bond acceptors (Lipinski definition) is 5. The van der Waals surface area contributed by atoms with Gasteiger partial charge in [-0.25, -0.2) is 8.78 Å². The van der Waals surface area contributed by atoms with Crippen LogP contribution in [0.5, 0.6) is 0 Å². The van der Waals surface area contributed by atoms with Crippen molar-refractivity contribution in [1.82, 2.24) is 10.2 Å². The van der Waals surface area contributed by atoms with Gasteiger partial charge >= 0.3 is 0 Å². The van der Waals surface area contributed by atoms with E-state index in [1.54, 1.807) is 30.3 Å². The zero-order valence-corrected chi connectivity index (χ0v) is 12.9. The maximum absolute atomic E-state index is 13.5. The lowest BCUT2D eigenvalue weighted by atomic mass is 10.2. The molecule has 1 heterocycles. The van der Waals surface area contributed by atoms with Crippen molar-refractivity contribution in [3.8, 4) is 0 Å². The number of rotatable bonds is 5. The lowest BCUT2D eigenvalue weighted by molar-refractivity contribution is 0.617. The first-order valence-corrected chi connectivity index (χ1v) is 8.23. The summed E-state index contributed by atoms with van der Waals surface area (Å²) in [6.07, 6.45) is 0. The molecule has 0 unspecified atom stereocenters. The van der Waals surface area contributed by atoms with E-state index >= 15 is 0 Å². The standard InChI is InChI=1S/C15H11F2N3S2/c16-11-5-3-6-12(8-11)18-14-19-20-15(22-14)21-9-10-4-1-2-7-13(10)17/h1-8H,9H2,(H,18,19).